The zero-order valence-electron chi connectivity index (χ0n) is 5.63. The van der Waals surface area contributed by atoms with Crippen molar-refractivity contribution in [2.45, 2.75) is 13.1 Å². The quantitative estimate of drug-likeness (QED) is 0.594. The zero-order chi connectivity index (χ0) is 7.84. The minimum atomic E-state index is -1.03. The molecule has 1 aromatic heterocycles. The highest BCUT2D eigenvalue weighted by molar-refractivity contribution is 5.87. The molecule has 1 aliphatic rings. The van der Waals surface area contributed by atoms with Crippen molar-refractivity contribution in [3.63, 3.8) is 0 Å². The van der Waals surface area contributed by atoms with E-state index in [2.05, 4.69) is 10.5 Å². The van der Waals surface area contributed by atoms with Crippen LogP contribution >= 0.6 is 0 Å². The maximum absolute atomic E-state index is 10.5. The molecule has 0 unspecified atom stereocenters. The molecule has 58 valence electrons. The van der Waals surface area contributed by atoms with Gasteiger partial charge in [-0.3, -0.25) is 0 Å². The summed E-state index contributed by atoms with van der Waals surface area (Å²) in [6.07, 6.45) is 0. The molecule has 5 nitrogen and oxygen atoms in total. The van der Waals surface area contributed by atoms with Gasteiger partial charge in [-0.1, -0.05) is 5.16 Å². The van der Waals surface area contributed by atoms with Crippen LogP contribution in [0.3, 0.4) is 0 Å². The van der Waals surface area contributed by atoms with Crippen molar-refractivity contribution in [2.24, 2.45) is 0 Å². The molecule has 2 rings (SSSR count). The third-order valence-corrected chi connectivity index (χ3v) is 1.66. The Bertz CT molecular complexity index is 305. The molecular weight excluding hydrogens is 148 g/mol. The van der Waals surface area contributed by atoms with E-state index in [0.717, 1.165) is 0 Å². The van der Waals surface area contributed by atoms with Gasteiger partial charge in [0.1, 0.15) is 0 Å². The molecule has 0 saturated heterocycles. The van der Waals surface area contributed by atoms with E-state index in [9.17, 15) is 4.79 Å². The molecule has 0 aliphatic carbocycles. The summed E-state index contributed by atoms with van der Waals surface area (Å²) in [4.78, 5) is 10.5. The van der Waals surface area contributed by atoms with E-state index in [0.29, 0.717) is 24.4 Å². The first-order valence-corrected chi connectivity index (χ1v) is 3.20. The van der Waals surface area contributed by atoms with Crippen LogP contribution in [0.5, 0.6) is 0 Å². The molecule has 0 saturated carbocycles. The fourth-order valence-electron chi connectivity index (χ4n) is 1.13. The monoisotopic (exact) mass is 154 g/mol. The third kappa shape index (κ3) is 0.813. The normalized spacial score (nSPS) is 14.9. The number of carboxylic acid groups (broad SMARTS) is 1. The van der Waals surface area contributed by atoms with E-state index in [4.69, 9.17) is 9.63 Å². The lowest BCUT2D eigenvalue weighted by Crippen LogP contribution is -2.05. The van der Waals surface area contributed by atoms with Crippen molar-refractivity contribution in [3.8, 4) is 0 Å². The summed E-state index contributed by atoms with van der Waals surface area (Å²) in [7, 11) is 0. The van der Waals surface area contributed by atoms with Crippen LogP contribution in [-0.2, 0) is 13.1 Å². The molecule has 0 radical (unpaired) electrons. The topological polar surface area (TPSA) is 75.4 Å². The van der Waals surface area contributed by atoms with Crippen LogP contribution in [0.1, 0.15) is 21.8 Å². The summed E-state index contributed by atoms with van der Waals surface area (Å²) in [6, 6.07) is 0. The second-order valence-corrected chi connectivity index (χ2v) is 2.34. The van der Waals surface area contributed by atoms with Gasteiger partial charge in [0.15, 0.2) is 11.5 Å². The standard InChI is InChI=1S/C6H6N2O3/c9-6(10)5-3-1-7-2-4(3)11-8-5/h7H,1-2H2,(H,9,10). The van der Waals surface area contributed by atoms with Gasteiger partial charge < -0.3 is 14.9 Å². The molecule has 0 amide bonds. The maximum Gasteiger partial charge on any atom is 0.358 e. The van der Waals surface area contributed by atoms with Gasteiger partial charge in [0.2, 0.25) is 0 Å². The first-order valence-electron chi connectivity index (χ1n) is 3.20. The van der Waals surface area contributed by atoms with Gasteiger partial charge in [-0.15, -0.1) is 0 Å². The first-order chi connectivity index (χ1) is 5.29. The number of nitrogens with zero attached hydrogens (tertiary/aromatic N) is 1. The molecule has 2 N–H and O–H groups in total. The van der Waals surface area contributed by atoms with Crippen molar-refractivity contribution in [1.29, 1.82) is 0 Å². The van der Waals surface area contributed by atoms with E-state index in [-0.39, 0.29) is 5.69 Å². The molecular formula is C6H6N2O3. The average Bonchev–Trinajstić information content (AvgIpc) is 2.41. The Morgan fingerprint density at radius 3 is 3.18 bits per heavy atom. The highest BCUT2D eigenvalue weighted by Gasteiger charge is 2.24. The van der Waals surface area contributed by atoms with Gasteiger partial charge in [-0.25, -0.2) is 4.79 Å². The Morgan fingerprint density at radius 1 is 1.64 bits per heavy atom. The van der Waals surface area contributed by atoms with Crippen LogP contribution in [0.4, 0.5) is 0 Å². The van der Waals surface area contributed by atoms with Gasteiger partial charge >= 0.3 is 5.97 Å². The molecule has 0 aromatic carbocycles. The lowest BCUT2D eigenvalue weighted by Gasteiger charge is -1.88. The van der Waals surface area contributed by atoms with Gasteiger partial charge in [0.25, 0.3) is 0 Å². The number of aromatic nitrogens is 1. The second-order valence-electron chi connectivity index (χ2n) is 2.34. The Hall–Kier alpha value is -1.36. The van der Waals surface area contributed by atoms with Crippen LogP contribution in [0.2, 0.25) is 0 Å². The molecule has 0 spiro atoms. The summed E-state index contributed by atoms with van der Waals surface area (Å²) >= 11 is 0. The smallest absolute Gasteiger partial charge is 0.358 e. The predicted molar refractivity (Wildman–Crippen MR) is 34.0 cm³/mol. The SMILES string of the molecule is O=C(O)c1noc2c1CNC2. The fourth-order valence-corrected chi connectivity index (χ4v) is 1.13. The van der Waals surface area contributed by atoms with Crippen LogP contribution in [0.25, 0.3) is 0 Å². The molecule has 2 heterocycles. The largest absolute Gasteiger partial charge is 0.476 e. The minimum Gasteiger partial charge on any atom is -0.476 e. The number of carbonyl (C=O) groups is 1. The van der Waals surface area contributed by atoms with E-state index >= 15 is 0 Å². The Balaban J connectivity index is 2.50. The number of carboxylic acids is 1. The summed E-state index contributed by atoms with van der Waals surface area (Å²) in [5.41, 5.74) is 0.711. The van der Waals surface area contributed by atoms with E-state index < -0.39 is 5.97 Å². The highest BCUT2D eigenvalue weighted by atomic mass is 16.5. The second kappa shape index (κ2) is 2.06. The van der Waals surface area contributed by atoms with E-state index in [1.54, 1.807) is 0 Å². The lowest BCUT2D eigenvalue weighted by molar-refractivity contribution is 0.0684. The molecule has 5 heteroatoms. The van der Waals surface area contributed by atoms with Gasteiger partial charge in [-0.2, -0.15) is 0 Å². The van der Waals surface area contributed by atoms with E-state index in [1.807, 2.05) is 0 Å². The number of hydrogen-bond acceptors (Lipinski definition) is 4. The van der Waals surface area contributed by atoms with Crippen LogP contribution in [-0.4, -0.2) is 16.2 Å². The predicted octanol–water partition coefficient (Wildman–Crippen LogP) is -0.0240. The molecule has 1 aromatic rings. The summed E-state index contributed by atoms with van der Waals surface area (Å²) in [6.45, 7) is 1.12. The van der Waals surface area contributed by atoms with Gasteiger partial charge in [-0.05, 0) is 0 Å². The average molecular weight is 154 g/mol. The summed E-state index contributed by atoms with van der Waals surface area (Å²) in [5, 5.41) is 15.0. The third-order valence-electron chi connectivity index (χ3n) is 1.66. The molecule has 0 atom stereocenters. The van der Waals surface area contributed by atoms with E-state index in [1.165, 1.54) is 0 Å². The number of aromatic carboxylic acids is 1. The van der Waals surface area contributed by atoms with Crippen molar-refractivity contribution in [2.75, 3.05) is 0 Å². The Morgan fingerprint density at radius 2 is 2.45 bits per heavy atom. The molecule has 0 bridgehead atoms. The van der Waals surface area contributed by atoms with Crippen molar-refractivity contribution >= 4 is 5.97 Å². The summed E-state index contributed by atoms with van der Waals surface area (Å²) in [5.74, 6) is -0.388. The number of hydrogen-bond donors (Lipinski definition) is 2. The van der Waals surface area contributed by atoms with Crippen LogP contribution in [0.15, 0.2) is 4.52 Å². The maximum atomic E-state index is 10.5. The number of fused-ring (bicyclic) bond motifs is 1. The van der Waals surface area contributed by atoms with Crippen LogP contribution in [0, 0.1) is 0 Å². The molecule has 1 aliphatic heterocycles. The summed E-state index contributed by atoms with van der Waals surface area (Å²) < 4.78 is 4.78. The first kappa shape index (κ1) is 6.36. The molecule has 0 fully saturated rings. The van der Waals surface area contributed by atoms with Crippen LogP contribution < -0.4 is 5.32 Å². The van der Waals surface area contributed by atoms with Crippen molar-refractivity contribution in [3.05, 3.63) is 17.0 Å². The highest BCUT2D eigenvalue weighted by Crippen LogP contribution is 2.18. The lowest BCUT2D eigenvalue weighted by atomic mass is 10.2. The zero-order valence-corrected chi connectivity index (χ0v) is 5.63. The van der Waals surface area contributed by atoms with Crippen molar-refractivity contribution in [1.82, 2.24) is 10.5 Å². The fraction of sp³-hybridized carbons (Fsp3) is 0.333. The Kier molecular flexibility index (Phi) is 1.19. The van der Waals surface area contributed by atoms with Crippen molar-refractivity contribution < 1.29 is 14.4 Å². The van der Waals surface area contributed by atoms with Gasteiger partial charge in [0.05, 0.1) is 6.54 Å². The number of nitrogens with one attached hydrogen (secondary N) is 1. The minimum absolute atomic E-state index is 0.0324. The number of rotatable bonds is 1. The van der Waals surface area contributed by atoms with Gasteiger partial charge in [0, 0.05) is 12.1 Å². The Labute approximate surface area is 62.0 Å². The molecule has 11 heavy (non-hydrogen) atoms.